The van der Waals surface area contributed by atoms with Crippen molar-refractivity contribution < 1.29 is 13.6 Å². The lowest BCUT2D eigenvalue weighted by atomic mass is 10.1. The van der Waals surface area contributed by atoms with E-state index in [2.05, 4.69) is 28.6 Å². The maximum atomic E-state index is 12.4. The van der Waals surface area contributed by atoms with E-state index in [4.69, 9.17) is 0 Å². The van der Waals surface area contributed by atoms with Gasteiger partial charge >= 0.3 is 0 Å². The first-order chi connectivity index (χ1) is 7.02. The molecule has 0 aromatic heterocycles. The molecule has 0 aliphatic carbocycles. The smallest absolute Gasteiger partial charge is 0.263 e. The van der Waals surface area contributed by atoms with E-state index in [1.54, 1.807) is 6.07 Å². The van der Waals surface area contributed by atoms with Crippen LogP contribution in [-0.4, -0.2) is 11.1 Å². The van der Waals surface area contributed by atoms with E-state index in [9.17, 15) is 13.6 Å². The topological polar surface area (TPSA) is 17.1 Å². The third kappa shape index (κ3) is 3.91. The van der Waals surface area contributed by atoms with Crippen LogP contribution in [0.5, 0.6) is 0 Å². The molecule has 0 fully saturated rings. The number of hydrogen-bond donors (Lipinski definition) is 1. The molecule has 0 bridgehead atoms. The highest BCUT2D eigenvalue weighted by Crippen LogP contribution is 2.23. The Morgan fingerprint density at radius 1 is 1.40 bits per heavy atom. The Kier molecular flexibility index (Phi) is 4.73. The van der Waals surface area contributed by atoms with Crippen molar-refractivity contribution in [3.63, 3.8) is 0 Å². The minimum Gasteiger partial charge on any atom is -0.298 e. The van der Waals surface area contributed by atoms with E-state index < -0.39 is 6.43 Å². The minimum atomic E-state index is -2.53. The van der Waals surface area contributed by atoms with Gasteiger partial charge in [0.1, 0.15) is 5.78 Å². The van der Waals surface area contributed by atoms with Crippen LogP contribution in [0.4, 0.5) is 8.78 Å². The van der Waals surface area contributed by atoms with Gasteiger partial charge in [0.2, 0.25) is 0 Å². The highest BCUT2D eigenvalue weighted by Gasteiger charge is 2.10. The lowest BCUT2D eigenvalue weighted by molar-refractivity contribution is -0.115. The van der Waals surface area contributed by atoms with Crippen LogP contribution in [0.2, 0.25) is 0 Å². The van der Waals surface area contributed by atoms with Gasteiger partial charge in [0.05, 0.1) is 5.33 Å². The zero-order valence-corrected chi connectivity index (χ0v) is 10.2. The Labute approximate surface area is 100 Å². The van der Waals surface area contributed by atoms with Gasteiger partial charge in [0.15, 0.2) is 0 Å². The fraction of sp³-hybridized carbons (Fsp3) is 0.300. The van der Waals surface area contributed by atoms with E-state index in [1.165, 1.54) is 12.1 Å². The van der Waals surface area contributed by atoms with Crippen LogP contribution in [0.25, 0.3) is 0 Å². The van der Waals surface area contributed by atoms with Crippen LogP contribution >= 0.6 is 28.6 Å². The average molecular weight is 295 g/mol. The summed E-state index contributed by atoms with van der Waals surface area (Å²) < 4.78 is 24.8. The monoisotopic (exact) mass is 294 g/mol. The standard InChI is InChI=1S/C10H9BrF2OS/c11-5-8(14)2-6-1-7(10(12)13)4-9(15)3-6/h1,3-4,10,15H,2,5H2. The highest BCUT2D eigenvalue weighted by atomic mass is 79.9. The first-order valence-electron chi connectivity index (χ1n) is 4.21. The summed E-state index contributed by atoms with van der Waals surface area (Å²) in [6, 6.07) is 4.26. The molecule has 1 rings (SSSR count). The molecular formula is C10H9BrF2OS. The van der Waals surface area contributed by atoms with Gasteiger partial charge in [-0.15, -0.1) is 12.6 Å². The van der Waals surface area contributed by atoms with Crippen LogP contribution in [0, 0.1) is 0 Å². The predicted molar refractivity (Wildman–Crippen MR) is 61.2 cm³/mol. The Morgan fingerprint density at radius 2 is 2.07 bits per heavy atom. The van der Waals surface area contributed by atoms with Crippen molar-refractivity contribution in [3.05, 3.63) is 29.3 Å². The second-order valence-corrected chi connectivity index (χ2v) is 4.16. The quantitative estimate of drug-likeness (QED) is 0.665. The molecule has 0 N–H and O–H groups in total. The first kappa shape index (κ1) is 12.6. The lowest BCUT2D eigenvalue weighted by Crippen LogP contribution is -2.04. The maximum absolute atomic E-state index is 12.4. The van der Waals surface area contributed by atoms with Crippen LogP contribution in [0.1, 0.15) is 17.6 Å². The van der Waals surface area contributed by atoms with Gasteiger partial charge in [-0.05, 0) is 23.8 Å². The molecule has 0 heterocycles. The fourth-order valence-corrected chi connectivity index (χ4v) is 1.72. The van der Waals surface area contributed by atoms with Gasteiger partial charge < -0.3 is 0 Å². The molecular weight excluding hydrogens is 286 g/mol. The number of carbonyl (C=O) groups excluding carboxylic acids is 1. The summed E-state index contributed by atoms with van der Waals surface area (Å²) in [6.07, 6.45) is -2.38. The Bertz CT molecular complexity index is 368. The summed E-state index contributed by atoms with van der Waals surface area (Å²) in [4.78, 5) is 11.6. The summed E-state index contributed by atoms with van der Waals surface area (Å²) in [5.74, 6) is -0.0471. The highest BCUT2D eigenvalue weighted by molar-refractivity contribution is 9.09. The van der Waals surface area contributed by atoms with Crippen LogP contribution in [0.3, 0.4) is 0 Å². The van der Waals surface area contributed by atoms with Crippen LogP contribution in [-0.2, 0) is 11.2 Å². The molecule has 1 nitrogen and oxygen atoms in total. The van der Waals surface area contributed by atoms with E-state index in [-0.39, 0.29) is 23.1 Å². The van der Waals surface area contributed by atoms with Gasteiger partial charge in [0.25, 0.3) is 6.43 Å². The van der Waals surface area contributed by atoms with Crippen molar-refractivity contribution in [2.24, 2.45) is 0 Å². The second kappa shape index (κ2) is 5.61. The van der Waals surface area contributed by atoms with E-state index in [0.717, 1.165) is 0 Å². The molecule has 5 heteroatoms. The number of carbonyl (C=O) groups is 1. The lowest BCUT2D eigenvalue weighted by Gasteiger charge is -2.05. The number of alkyl halides is 3. The Morgan fingerprint density at radius 3 is 2.60 bits per heavy atom. The molecule has 82 valence electrons. The van der Waals surface area contributed by atoms with Crippen LogP contribution in [0.15, 0.2) is 23.1 Å². The molecule has 0 spiro atoms. The number of thiol groups is 1. The SMILES string of the molecule is O=C(CBr)Cc1cc(S)cc(C(F)F)c1. The van der Waals surface area contributed by atoms with Gasteiger partial charge in [-0.25, -0.2) is 8.78 Å². The molecule has 0 amide bonds. The van der Waals surface area contributed by atoms with Crippen LogP contribution < -0.4 is 0 Å². The number of ketones is 1. The number of hydrogen-bond acceptors (Lipinski definition) is 2. The van der Waals surface area contributed by atoms with Gasteiger partial charge in [0, 0.05) is 16.9 Å². The zero-order chi connectivity index (χ0) is 11.4. The fourth-order valence-electron chi connectivity index (χ4n) is 1.20. The number of Topliss-reactive ketones (excluding diaryl/α,β-unsaturated/α-hetero) is 1. The molecule has 1 aromatic rings. The number of benzene rings is 1. The first-order valence-corrected chi connectivity index (χ1v) is 5.78. The molecule has 0 aliphatic rings. The number of halogens is 3. The number of rotatable bonds is 4. The van der Waals surface area contributed by atoms with Crippen molar-refractivity contribution in [2.75, 3.05) is 5.33 Å². The van der Waals surface area contributed by atoms with Gasteiger partial charge in [-0.1, -0.05) is 15.9 Å². The Hall–Kier alpha value is -0.420. The predicted octanol–water partition coefficient (Wildman–Crippen LogP) is 3.42. The largest absolute Gasteiger partial charge is 0.298 e. The minimum absolute atomic E-state index is 0.0471. The maximum Gasteiger partial charge on any atom is 0.263 e. The molecule has 0 aliphatic heterocycles. The van der Waals surface area contributed by atoms with E-state index in [1.807, 2.05) is 0 Å². The summed E-state index contributed by atoms with van der Waals surface area (Å²) >= 11 is 7.04. The van der Waals surface area contributed by atoms with Crippen molar-refractivity contribution in [1.82, 2.24) is 0 Å². The van der Waals surface area contributed by atoms with Gasteiger partial charge in [-0.2, -0.15) is 0 Å². The van der Waals surface area contributed by atoms with Gasteiger partial charge in [-0.3, -0.25) is 4.79 Å². The van der Waals surface area contributed by atoms with Crippen molar-refractivity contribution in [2.45, 2.75) is 17.7 Å². The molecule has 0 unspecified atom stereocenters. The second-order valence-electron chi connectivity index (χ2n) is 3.08. The van der Waals surface area contributed by atoms with Crippen molar-refractivity contribution >= 4 is 34.3 Å². The van der Waals surface area contributed by atoms with E-state index >= 15 is 0 Å². The van der Waals surface area contributed by atoms with Crippen molar-refractivity contribution in [1.29, 1.82) is 0 Å². The summed E-state index contributed by atoms with van der Waals surface area (Å²) in [7, 11) is 0. The molecule has 0 saturated heterocycles. The summed E-state index contributed by atoms with van der Waals surface area (Å²) in [5.41, 5.74) is 0.474. The molecule has 15 heavy (non-hydrogen) atoms. The Balaban J connectivity index is 2.93. The molecule has 0 atom stereocenters. The van der Waals surface area contributed by atoms with Crippen molar-refractivity contribution in [3.8, 4) is 0 Å². The average Bonchev–Trinajstić information content (AvgIpc) is 2.16. The zero-order valence-electron chi connectivity index (χ0n) is 7.71. The normalized spacial score (nSPS) is 10.7. The molecule has 0 saturated carbocycles. The molecule has 0 radical (unpaired) electrons. The third-order valence-electron chi connectivity index (χ3n) is 1.80. The van der Waals surface area contributed by atoms with E-state index in [0.29, 0.717) is 10.5 Å². The molecule has 1 aromatic carbocycles. The summed E-state index contributed by atoms with van der Waals surface area (Å²) in [5, 5.41) is 0.230. The summed E-state index contributed by atoms with van der Waals surface area (Å²) in [6.45, 7) is 0. The third-order valence-corrected chi connectivity index (χ3v) is 2.69.